The maximum Gasteiger partial charge on any atom is 0.416 e. The van der Waals surface area contributed by atoms with Gasteiger partial charge in [-0.05, 0) is 42.7 Å². The van der Waals surface area contributed by atoms with E-state index < -0.39 is 34.2 Å². The van der Waals surface area contributed by atoms with E-state index in [0.717, 1.165) is 39.7 Å². The van der Waals surface area contributed by atoms with Crippen LogP contribution in [-0.4, -0.2) is 33.4 Å². The van der Waals surface area contributed by atoms with E-state index >= 15 is 0 Å². The summed E-state index contributed by atoms with van der Waals surface area (Å²) in [7, 11) is -3.88. The van der Waals surface area contributed by atoms with Gasteiger partial charge in [-0.1, -0.05) is 12.1 Å². The average Bonchev–Trinajstić information content (AvgIpc) is 2.58. The van der Waals surface area contributed by atoms with Gasteiger partial charge in [-0.25, -0.2) is 8.42 Å². The van der Waals surface area contributed by atoms with Crippen LogP contribution in [0.2, 0.25) is 0 Å². The fraction of sp³-hybridized carbons (Fsp3) is 0.235. The van der Waals surface area contributed by atoms with Crippen molar-refractivity contribution in [1.82, 2.24) is 0 Å². The monoisotopic (exact) mass is 418 g/mol. The van der Waals surface area contributed by atoms with E-state index in [1.165, 1.54) is 11.8 Å². The van der Waals surface area contributed by atoms with Crippen molar-refractivity contribution in [3.05, 3.63) is 54.1 Å². The Labute approximate surface area is 159 Å². The van der Waals surface area contributed by atoms with Gasteiger partial charge < -0.3 is 5.32 Å². The summed E-state index contributed by atoms with van der Waals surface area (Å²) in [5.41, 5.74) is -0.410. The van der Waals surface area contributed by atoms with Crippen LogP contribution in [0.5, 0.6) is 0 Å². The first-order valence-electron chi connectivity index (χ1n) is 7.60. The van der Waals surface area contributed by atoms with E-state index in [1.54, 1.807) is 24.3 Å². The normalized spacial score (nSPS) is 11.9. The number of hydrogen-bond donors (Lipinski definition) is 1. The van der Waals surface area contributed by atoms with Crippen molar-refractivity contribution in [2.24, 2.45) is 0 Å². The van der Waals surface area contributed by atoms with E-state index in [-0.39, 0.29) is 5.69 Å². The molecule has 0 unspecified atom stereocenters. The number of halogens is 3. The SMILES string of the molecule is CSc1ccccc1NC(=O)CN(c1ccc(C(F)(F)F)cc1)S(C)(=O)=O. The third-order valence-electron chi connectivity index (χ3n) is 3.55. The Morgan fingerprint density at radius 2 is 1.70 bits per heavy atom. The van der Waals surface area contributed by atoms with Crippen LogP contribution in [0.25, 0.3) is 0 Å². The predicted molar refractivity (Wildman–Crippen MR) is 100 cm³/mol. The number of amides is 1. The highest BCUT2D eigenvalue weighted by molar-refractivity contribution is 7.98. The van der Waals surface area contributed by atoms with E-state index in [9.17, 15) is 26.4 Å². The molecule has 2 aromatic rings. The van der Waals surface area contributed by atoms with Gasteiger partial charge in [-0.2, -0.15) is 13.2 Å². The summed E-state index contributed by atoms with van der Waals surface area (Å²) in [6.45, 7) is -0.563. The highest BCUT2D eigenvalue weighted by atomic mass is 32.2. The van der Waals surface area contributed by atoms with Crippen LogP contribution in [0.1, 0.15) is 5.56 Å². The van der Waals surface area contributed by atoms with Crippen LogP contribution in [0.3, 0.4) is 0 Å². The van der Waals surface area contributed by atoms with Crippen LogP contribution in [0.4, 0.5) is 24.5 Å². The fourth-order valence-electron chi connectivity index (χ4n) is 2.28. The van der Waals surface area contributed by atoms with E-state index in [1.807, 2.05) is 6.26 Å². The number of thioether (sulfide) groups is 1. The summed E-state index contributed by atoms with van der Waals surface area (Å²) < 4.78 is 62.9. The van der Waals surface area contributed by atoms with Gasteiger partial charge in [0.1, 0.15) is 6.54 Å². The third-order valence-corrected chi connectivity index (χ3v) is 5.49. The van der Waals surface area contributed by atoms with Gasteiger partial charge in [0.05, 0.1) is 23.2 Å². The topological polar surface area (TPSA) is 66.5 Å². The molecule has 0 heterocycles. The maximum absolute atomic E-state index is 12.7. The lowest BCUT2D eigenvalue weighted by atomic mass is 10.2. The minimum absolute atomic E-state index is 0.0289. The van der Waals surface area contributed by atoms with Crippen LogP contribution < -0.4 is 9.62 Å². The largest absolute Gasteiger partial charge is 0.416 e. The molecule has 1 amide bonds. The van der Waals surface area contributed by atoms with Crippen molar-refractivity contribution in [2.45, 2.75) is 11.1 Å². The molecule has 0 spiro atoms. The number of para-hydroxylation sites is 1. The highest BCUT2D eigenvalue weighted by Gasteiger charge is 2.31. The molecule has 0 atom stereocenters. The number of alkyl halides is 3. The predicted octanol–water partition coefficient (Wildman–Crippen LogP) is 3.83. The van der Waals surface area contributed by atoms with Gasteiger partial charge in [0, 0.05) is 4.90 Å². The van der Waals surface area contributed by atoms with E-state index in [2.05, 4.69) is 5.32 Å². The number of anilines is 2. The standard InChI is InChI=1S/C17H17F3N2O3S2/c1-26-15-6-4-3-5-14(15)21-16(23)11-22(27(2,24)25)13-9-7-12(8-10-13)17(18,19)20/h3-10H,11H2,1-2H3,(H,21,23). The Kier molecular flexibility index (Phi) is 6.42. The second-order valence-corrected chi connectivity index (χ2v) is 8.32. The second-order valence-electron chi connectivity index (χ2n) is 5.56. The lowest BCUT2D eigenvalue weighted by Gasteiger charge is -2.22. The fourth-order valence-corrected chi connectivity index (χ4v) is 3.69. The zero-order valence-corrected chi connectivity index (χ0v) is 16.1. The van der Waals surface area contributed by atoms with Crippen LogP contribution in [-0.2, 0) is 21.0 Å². The molecule has 0 radical (unpaired) electrons. The molecule has 2 rings (SSSR count). The van der Waals surface area contributed by atoms with Gasteiger partial charge in [0.15, 0.2) is 0 Å². The second kappa shape index (κ2) is 8.22. The molecule has 146 valence electrons. The first kappa shape index (κ1) is 21.1. The number of carbonyl (C=O) groups is 1. The Morgan fingerprint density at radius 3 is 2.22 bits per heavy atom. The van der Waals surface area contributed by atoms with Crippen molar-refractivity contribution in [3.8, 4) is 0 Å². The molecule has 0 aromatic heterocycles. The molecule has 27 heavy (non-hydrogen) atoms. The van der Waals surface area contributed by atoms with E-state index in [4.69, 9.17) is 0 Å². The number of nitrogens with zero attached hydrogens (tertiary/aromatic N) is 1. The first-order chi connectivity index (χ1) is 12.5. The third kappa shape index (κ3) is 5.64. The molecule has 0 fully saturated rings. The van der Waals surface area contributed by atoms with Gasteiger partial charge in [0.25, 0.3) is 0 Å². The summed E-state index contributed by atoms with van der Waals surface area (Å²) >= 11 is 1.41. The number of rotatable bonds is 6. The van der Waals surface area contributed by atoms with Gasteiger partial charge in [-0.15, -0.1) is 11.8 Å². The Morgan fingerprint density at radius 1 is 1.11 bits per heavy atom. The summed E-state index contributed by atoms with van der Waals surface area (Å²) in [5, 5.41) is 2.62. The van der Waals surface area contributed by atoms with Crippen molar-refractivity contribution >= 4 is 39.1 Å². The average molecular weight is 418 g/mol. The molecule has 1 N–H and O–H groups in total. The van der Waals surface area contributed by atoms with Crippen molar-refractivity contribution in [3.63, 3.8) is 0 Å². The van der Waals surface area contributed by atoms with Crippen LogP contribution >= 0.6 is 11.8 Å². The Balaban J connectivity index is 2.24. The summed E-state index contributed by atoms with van der Waals surface area (Å²) in [6.07, 6.45) is -1.82. The smallest absolute Gasteiger partial charge is 0.323 e. The quantitative estimate of drug-likeness (QED) is 0.724. The van der Waals surface area contributed by atoms with Gasteiger partial charge in [-0.3, -0.25) is 9.10 Å². The lowest BCUT2D eigenvalue weighted by molar-refractivity contribution is -0.137. The highest BCUT2D eigenvalue weighted by Crippen LogP contribution is 2.31. The summed E-state index contributed by atoms with van der Waals surface area (Å²) in [5.74, 6) is -0.609. The first-order valence-corrected chi connectivity index (χ1v) is 10.7. The lowest BCUT2D eigenvalue weighted by Crippen LogP contribution is -2.37. The minimum atomic E-state index is -4.53. The minimum Gasteiger partial charge on any atom is -0.323 e. The molecule has 0 aliphatic rings. The number of benzene rings is 2. The maximum atomic E-state index is 12.7. The number of hydrogen-bond acceptors (Lipinski definition) is 4. The molecule has 0 saturated heterocycles. The van der Waals surface area contributed by atoms with Crippen LogP contribution in [0.15, 0.2) is 53.4 Å². The van der Waals surface area contributed by atoms with Crippen molar-refractivity contribution < 1.29 is 26.4 Å². The molecular weight excluding hydrogens is 401 g/mol. The summed E-state index contributed by atoms with van der Waals surface area (Å²) in [6, 6.07) is 10.6. The molecule has 2 aromatic carbocycles. The van der Waals surface area contributed by atoms with E-state index in [0.29, 0.717) is 5.69 Å². The Bertz CT molecular complexity index is 914. The molecular formula is C17H17F3N2O3S2. The molecule has 0 aliphatic carbocycles. The number of carbonyl (C=O) groups excluding carboxylic acids is 1. The number of nitrogens with one attached hydrogen (secondary N) is 1. The molecule has 0 aliphatic heterocycles. The molecule has 0 saturated carbocycles. The molecule has 5 nitrogen and oxygen atoms in total. The van der Waals surface area contributed by atoms with Crippen molar-refractivity contribution in [1.29, 1.82) is 0 Å². The van der Waals surface area contributed by atoms with Crippen LogP contribution in [0, 0.1) is 0 Å². The summed E-state index contributed by atoms with van der Waals surface area (Å²) in [4.78, 5) is 13.1. The molecule has 0 bridgehead atoms. The van der Waals surface area contributed by atoms with Gasteiger partial charge in [0.2, 0.25) is 15.9 Å². The zero-order valence-electron chi connectivity index (χ0n) is 14.4. The molecule has 10 heteroatoms. The number of sulfonamides is 1. The van der Waals surface area contributed by atoms with Gasteiger partial charge >= 0.3 is 6.18 Å². The Hall–Kier alpha value is -2.20. The zero-order chi connectivity index (χ0) is 20.2. The van der Waals surface area contributed by atoms with Crippen molar-refractivity contribution in [2.75, 3.05) is 28.7 Å².